The van der Waals surface area contributed by atoms with Crippen LogP contribution in [0.25, 0.3) is 5.78 Å². The van der Waals surface area contributed by atoms with Gasteiger partial charge in [-0.2, -0.15) is 0 Å². The van der Waals surface area contributed by atoms with Crippen LogP contribution in [0.3, 0.4) is 0 Å². The van der Waals surface area contributed by atoms with E-state index in [0.29, 0.717) is 23.0 Å². The Kier molecular flexibility index (Phi) is 2.21. The number of halogens is 1. The molecule has 0 aliphatic heterocycles. The van der Waals surface area contributed by atoms with Gasteiger partial charge in [0, 0.05) is 12.6 Å². The molecule has 0 fully saturated rings. The van der Waals surface area contributed by atoms with Crippen LogP contribution in [0.2, 0.25) is 5.15 Å². The second-order valence-corrected chi connectivity index (χ2v) is 3.44. The number of nitrogens with zero attached hydrogens (tertiary/aromatic N) is 3. The van der Waals surface area contributed by atoms with Gasteiger partial charge in [-0.3, -0.25) is 9.20 Å². The smallest absolute Gasteiger partial charge is 0.235 e. The lowest BCUT2D eigenvalue weighted by atomic mass is 10.2. The Morgan fingerprint density at radius 3 is 3.14 bits per heavy atom. The molecule has 4 nitrogen and oxygen atoms in total. The maximum atomic E-state index is 10.9. The summed E-state index contributed by atoms with van der Waals surface area (Å²) in [6, 6.07) is 1.77. The Morgan fingerprint density at radius 1 is 1.64 bits per heavy atom. The van der Waals surface area contributed by atoms with E-state index in [1.807, 2.05) is 0 Å². The molecule has 0 saturated carbocycles. The van der Waals surface area contributed by atoms with Crippen molar-refractivity contribution in [3.05, 3.63) is 29.3 Å². The van der Waals surface area contributed by atoms with Crippen molar-refractivity contribution in [1.82, 2.24) is 14.4 Å². The van der Waals surface area contributed by atoms with Crippen molar-refractivity contribution in [1.29, 1.82) is 0 Å². The van der Waals surface area contributed by atoms with Crippen molar-refractivity contribution in [2.24, 2.45) is 0 Å². The number of hydrogen-bond donors (Lipinski definition) is 0. The number of Topliss-reactive ketones (excluding diaryl/α,β-unsaturated/α-hetero) is 1. The molecular formula is C9H8ClN3O. The summed E-state index contributed by atoms with van der Waals surface area (Å²) in [6.45, 7) is 1.53. The Bertz CT molecular complexity index is 492. The first kappa shape index (κ1) is 9.15. The van der Waals surface area contributed by atoms with E-state index in [-0.39, 0.29) is 5.78 Å². The molecular weight excluding hydrogens is 202 g/mol. The van der Waals surface area contributed by atoms with Crippen molar-refractivity contribution in [2.45, 2.75) is 13.3 Å². The average Bonchev–Trinajstić information content (AvgIpc) is 2.46. The van der Waals surface area contributed by atoms with Gasteiger partial charge < -0.3 is 0 Å². The highest BCUT2D eigenvalue weighted by molar-refractivity contribution is 6.29. The highest BCUT2D eigenvalue weighted by Gasteiger charge is 2.04. The number of hydrogen-bond acceptors (Lipinski definition) is 3. The van der Waals surface area contributed by atoms with Crippen LogP contribution in [0.15, 0.2) is 18.5 Å². The van der Waals surface area contributed by atoms with Crippen LogP contribution < -0.4 is 0 Å². The summed E-state index contributed by atoms with van der Waals surface area (Å²) in [4.78, 5) is 19.0. The van der Waals surface area contributed by atoms with E-state index in [1.54, 1.807) is 16.7 Å². The third-order valence-electron chi connectivity index (χ3n) is 1.82. The summed E-state index contributed by atoms with van der Waals surface area (Å²) < 4.78 is 1.66. The van der Waals surface area contributed by atoms with Gasteiger partial charge in [-0.15, -0.1) is 0 Å². The normalized spacial score (nSPS) is 10.7. The molecule has 0 amide bonds. The Morgan fingerprint density at radius 2 is 2.43 bits per heavy atom. The highest BCUT2D eigenvalue weighted by atomic mass is 35.5. The first-order valence-electron chi connectivity index (χ1n) is 4.15. The molecule has 2 rings (SSSR count). The molecule has 0 unspecified atom stereocenters. The summed E-state index contributed by atoms with van der Waals surface area (Å²) in [6.07, 6.45) is 3.62. The monoisotopic (exact) mass is 209 g/mol. The van der Waals surface area contributed by atoms with Crippen molar-refractivity contribution in [3.8, 4) is 0 Å². The molecule has 0 aromatic carbocycles. The van der Waals surface area contributed by atoms with Crippen molar-refractivity contribution in [3.63, 3.8) is 0 Å². The third-order valence-corrected chi connectivity index (χ3v) is 2.10. The molecule has 0 atom stereocenters. The number of carbonyl (C=O) groups excluding carboxylic acids is 1. The number of fused-ring (bicyclic) bond motifs is 1. The molecule has 0 bridgehead atoms. The summed E-state index contributed by atoms with van der Waals surface area (Å²) in [7, 11) is 0. The van der Waals surface area contributed by atoms with Crippen molar-refractivity contribution >= 4 is 23.2 Å². The van der Waals surface area contributed by atoms with E-state index in [2.05, 4.69) is 9.97 Å². The molecule has 0 N–H and O–H groups in total. The van der Waals surface area contributed by atoms with Gasteiger partial charge >= 0.3 is 0 Å². The minimum absolute atomic E-state index is 0.0829. The third kappa shape index (κ3) is 1.61. The lowest BCUT2D eigenvalue weighted by Crippen LogP contribution is -2.01. The fourth-order valence-electron chi connectivity index (χ4n) is 1.23. The van der Waals surface area contributed by atoms with Crippen molar-refractivity contribution in [2.75, 3.05) is 0 Å². The van der Waals surface area contributed by atoms with Crippen LogP contribution in [0.4, 0.5) is 0 Å². The number of imidazole rings is 1. The number of carbonyl (C=O) groups is 1. The van der Waals surface area contributed by atoms with Crippen LogP contribution in [0.5, 0.6) is 0 Å². The molecule has 0 spiro atoms. The molecule has 0 saturated heterocycles. The van der Waals surface area contributed by atoms with Crippen LogP contribution in [0.1, 0.15) is 12.6 Å². The van der Waals surface area contributed by atoms with Crippen LogP contribution in [-0.4, -0.2) is 20.2 Å². The summed E-state index contributed by atoms with van der Waals surface area (Å²) in [5.41, 5.74) is 0.715. The lowest BCUT2D eigenvalue weighted by Gasteiger charge is -1.98. The van der Waals surface area contributed by atoms with Crippen LogP contribution >= 0.6 is 11.6 Å². The number of rotatable bonds is 2. The fraction of sp³-hybridized carbons (Fsp3) is 0.222. The van der Waals surface area contributed by atoms with Gasteiger partial charge in [0.15, 0.2) is 0 Å². The van der Waals surface area contributed by atoms with E-state index < -0.39 is 0 Å². The van der Waals surface area contributed by atoms with Gasteiger partial charge in [0.25, 0.3) is 0 Å². The molecule has 0 radical (unpaired) electrons. The second-order valence-electron chi connectivity index (χ2n) is 3.05. The van der Waals surface area contributed by atoms with Crippen molar-refractivity contribution < 1.29 is 4.79 Å². The molecule has 14 heavy (non-hydrogen) atoms. The predicted molar refractivity (Wildman–Crippen MR) is 52.4 cm³/mol. The Balaban J connectivity index is 2.46. The summed E-state index contributed by atoms with van der Waals surface area (Å²) >= 11 is 5.82. The quantitative estimate of drug-likeness (QED) is 0.754. The SMILES string of the molecule is CC(=O)Cc1ccn2c(Cl)cnc2n1. The molecule has 72 valence electrons. The topological polar surface area (TPSA) is 47.3 Å². The lowest BCUT2D eigenvalue weighted by molar-refractivity contribution is -0.116. The molecule has 5 heteroatoms. The van der Waals surface area contributed by atoms with E-state index in [9.17, 15) is 4.79 Å². The largest absolute Gasteiger partial charge is 0.300 e. The zero-order chi connectivity index (χ0) is 10.1. The van der Waals surface area contributed by atoms with Gasteiger partial charge in [-0.25, -0.2) is 9.97 Å². The first-order valence-corrected chi connectivity index (χ1v) is 4.52. The standard InChI is InChI=1S/C9H8ClN3O/c1-6(14)4-7-2-3-13-8(10)5-11-9(13)12-7/h2-3,5H,4H2,1H3. The van der Waals surface area contributed by atoms with Crippen LogP contribution in [0, 0.1) is 0 Å². The minimum Gasteiger partial charge on any atom is -0.300 e. The van der Waals surface area contributed by atoms with Gasteiger partial charge in [0.05, 0.1) is 11.9 Å². The second kappa shape index (κ2) is 3.38. The first-order chi connectivity index (χ1) is 6.66. The molecule has 2 aromatic rings. The van der Waals surface area contributed by atoms with Crippen LogP contribution in [-0.2, 0) is 11.2 Å². The van der Waals surface area contributed by atoms with Gasteiger partial charge in [-0.1, -0.05) is 11.6 Å². The molecule has 0 aliphatic carbocycles. The summed E-state index contributed by atoms with van der Waals surface area (Å²) in [5, 5.41) is 0.516. The summed E-state index contributed by atoms with van der Waals surface area (Å²) in [5.74, 6) is 0.605. The number of ketones is 1. The zero-order valence-electron chi connectivity index (χ0n) is 7.57. The van der Waals surface area contributed by atoms with E-state index in [4.69, 9.17) is 11.6 Å². The minimum atomic E-state index is 0.0829. The number of aromatic nitrogens is 3. The maximum absolute atomic E-state index is 10.9. The van der Waals surface area contributed by atoms with Gasteiger partial charge in [0.1, 0.15) is 10.9 Å². The molecule has 2 heterocycles. The van der Waals surface area contributed by atoms with E-state index >= 15 is 0 Å². The molecule has 0 aliphatic rings. The fourth-order valence-corrected chi connectivity index (χ4v) is 1.41. The predicted octanol–water partition coefficient (Wildman–Crippen LogP) is 1.51. The highest BCUT2D eigenvalue weighted by Crippen LogP contribution is 2.10. The van der Waals surface area contributed by atoms with E-state index in [0.717, 1.165) is 0 Å². The Hall–Kier alpha value is -1.42. The average molecular weight is 210 g/mol. The Labute approximate surface area is 85.5 Å². The zero-order valence-corrected chi connectivity index (χ0v) is 8.32. The maximum Gasteiger partial charge on any atom is 0.235 e. The van der Waals surface area contributed by atoms with E-state index in [1.165, 1.54) is 13.1 Å². The molecule has 2 aromatic heterocycles. The van der Waals surface area contributed by atoms with Gasteiger partial charge in [-0.05, 0) is 13.0 Å². The van der Waals surface area contributed by atoms with Gasteiger partial charge in [0.2, 0.25) is 5.78 Å².